The summed E-state index contributed by atoms with van der Waals surface area (Å²) in [4.78, 5) is 11.7. The zero-order chi connectivity index (χ0) is 19.9. The number of benzene rings is 2. The number of carbonyl (C=O) groups excluding carboxylic acids is 1. The van der Waals surface area contributed by atoms with Gasteiger partial charge in [0.25, 0.3) is 0 Å². The topological polar surface area (TPSA) is 35.5 Å². The van der Waals surface area contributed by atoms with Crippen LogP contribution in [0.3, 0.4) is 0 Å². The van der Waals surface area contributed by atoms with Gasteiger partial charge in [-0.2, -0.15) is 0 Å². The van der Waals surface area contributed by atoms with Crippen molar-refractivity contribution >= 4 is 20.2 Å². The molecule has 2 rings (SSSR count). The quantitative estimate of drug-likeness (QED) is 0.307. The lowest BCUT2D eigenvalue weighted by Gasteiger charge is -2.35. The van der Waals surface area contributed by atoms with Crippen molar-refractivity contribution in [3.63, 3.8) is 0 Å². The van der Waals surface area contributed by atoms with E-state index in [-0.39, 0.29) is 11.9 Å². The highest BCUT2D eigenvalue weighted by Gasteiger charge is 2.33. The molecule has 0 saturated heterocycles. The van der Waals surface area contributed by atoms with Gasteiger partial charge in [-0.3, -0.25) is 4.79 Å². The van der Waals surface area contributed by atoms with E-state index in [1.54, 1.807) is 7.11 Å². The molecule has 4 heteroatoms. The third-order valence-corrected chi connectivity index (χ3v) is 7.05. The molecule has 0 bridgehead atoms. The highest BCUT2D eigenvalue weighted by atomic mass is 31.1. The Kier molecular flexibility index (Phi) is 8.01. The van der Waals surface area contributed by atoms with E-state index in [4.69, 9.17) is 9.47 Å². The minimum absolute atomic E-state index is 0.0587. The summed E-state index contributed by atoms with van der Waals surface area (Å²) >= 11 is 0. The van der Waals surface area contributed by atoms with E-state index in [2.05, 4.69) is 45.0 Å². The predicted molar refractivity (Wildman–Crippen MR) is 115 cm³/mol. The predicted octanol–water partition coefficient (Wildman–Crippen LogP) is 5.51. The van der Waals surface area contributed by atoms with Crippen LogP contribution in [0.2, 0.25) is 0 Å². The Balaban J connectivity index is 2.57. The maximum absolute atomic E-state index is 11.7. The van der Waals surface area contributed by atoms with Crippen molar-refractivity contribution in [1.82, 2.24) is 0 Å². The van der Waals surface area contributed by atoms with Gasteiger partial charge >= 0.3 is 0 Å². The van der Waals surface area contributed by atoms with Gasteiger partial charge in [-0.1, -0.05) is 64.2 Å². The van der Waals surface area contributed by atoms with E-state index in [9.17, 15) is 4.79 Å². The Morgan fingerprint density at radius 1 is 1.07 bits per heavy atom. The number of rotatable bonds is 10. The fraction of sp³-hybridized carbons (Fsp3) is 0.435. The number of hydrogen-bond donors (Lipinski definition) is 0. The summed E-state index contributed by atoms with van der Waals surface area (Å²) < 4.78 is 11.1. The van der Waals surface area contributed by atoms with Gasteiger partial charge in [0.15, 0.2) is 13.1 Å². The Morgan fingerprint density at radius 2 is 1.78 bits per heavy atom. The first-order chi connectivity index (χ1) is 13.0. The Hall–Kier alpha value is -1.70. The minimum Gasteiger partial charge on any atom is -0.467 e. The van der Waals surface area contributed by atoms with Crippen LogP contribution in [0.5, 0.6) is 5.75 Å². The third kappa shape index (κ3) is 5.18. The smallest absolute Gasteiger partial charge is 0.188 e. The van der Waals surface area contributed by atoms with Crippen LogP contribution in [0.4, 0.5) is 0 Å². The SMILES string of the molecule is CCCC(CC)(Pc1ccc(C)cc1C=O)c1cc(C)ccc1OCOC. The van der Waals surface area contributed by atoms with Crippen LogP contribution >= 0.6 is 8.58 Å². The number of ether oxygens (including phenoxy) is 2. The molecule has 0 fully saturated rings. The summed E-state index contributed by atoms with van der Waals surface area (Å²) in [6.07, 6.45) is 4.08. The Labute approximate surface area is 165 Å². The van der Waals surface area contributed by atoms with Crippen molar-refractivity contribution < 1.29 is 14.3 Å². The molecule has 2 atom stereocenters. The van der Waals surface area contributed by atoms with E-state index < -0.39 is 0 Å². The Morgan fingerprint density at radius 3 is 2.41 bits per heavy atom. The molecular weight excluding hydrogens is 355 g/mol. The zero-order valence-electron chi connectivity index (χ0n) is 17.1. The molecule has 27 heavy (non-hydrogen) atoms. The second-order valence-electron chi connectivity index (χ2n) is 7.07. The molecule has 2 aromatic carbocycles. The van der Waals surface area contributed by atoms with E-state index >= 15 is 0 Å². The first-order valence-electron chi connectivity index (χ1n) is 9.56. The number of aryl methyl sites for hydroxylation is 2. The van der Waals surface area contributed by atoms with Crippen molar-refractivity contribution in [3.8, 4) is 5.75 Å². The van der Waals surface area contributed by atoms with Gasteiger partial charge in [0.05, 0.1) is 0 Å². The summed E-state index contributed by atoms with van der Waals surface area (Å²) in [5.74, 6) is 0.880. The number of methoxy groups -OCH3 is 1. The third-order valence-electron chi connectivity index (χ3n) is 4.97. The molecule has 0 saturated carbocycles. The molecule has 0 aliphatic heterocycles. The van der Waals surface area contributed by atoms with E-state index in [1.165, 1.54) is 11.1 Å². The molecule has 0 aliphatic carbocycles. The zero-order valence-corrected chi connectivity index (χ0v) is 18.1. The lowest BCUT2D eigenvalue weighted by molar-refractivity contribution is 0.0499. The Bertz CT molecular complexity index is 772. The molecule has 2 unspecified atom stereocenters. The van der Waals surface area contributed by atoms with E-state index in [1.807, 2.05) is 19.1 Å². The maximum Gasteiger partial charge on any atom is 0.188 e. The van der Waals surface area contributed by atoms with Crippen LogP contribution in [0, 0.1) is 13.8 Å². The van der Waals surface area contributed by atoms with Gasteiger partial charge in [0.2, 0.25) is 0 Å². The van der Waals surface area contributed by atoms with E-state index in [0.717, 1.165) is 47.7 Å². The number of carbonyl (C=O) groups is 1. The lowest BCUT2D eigenvalue weighted by atomic mass is 9.89. The van der Waals surface area contributed by atoms with Gasteiger partial charge in [-0.05, 0) is 44.1 Å². The highest BCUT2D eigenvalue weighted by Crippen LogP contribution is 2.51. The summed E-state index contributed by atoms with van der Waals surface area (Å²) in [6.45, 7) is 8.82. The highest BCUT2D eigenvalue weighted by molar-refractivity contribution is 7.48. The van der Waals surface area contributed by atoms with E-state index in [0.29, 0.717) is 8.58 Å². The summed E-state index contributed by atoms with van der Waals surface area (Å²) in [6, 6.07) is 12.6. The van der Waals surface area contributed by atoms with Crippen LogP contribution in [0.15, 0.2) is 36.4 Å². The number of hydrogen-bond acceptors (Lipinski definition) is 3. The molecular formula is C23H31O3P. The number of aldehydes is 1. The lowest BCUT2D eigenvalue weighted by Crippen LogP contribution is -2.25. The van der Waals surface area contributed by atoms with Crippen LogP contribution in [-0.2, 0) is 9.89 Å². The monoisotopic (exact) mass is 386 g/mol. The average Bonchev–Trinajstić information content (AvgIpc) is 2.67. The van der Waals surface area contributed by atoms with Gasteiger partial charge in [-0.25, -0.2) is 0 Å². The van der Waals surface area contributed by atoms with Crippen LogP contribution in [0.1, 0.15) is 60.2 Å². The molecule has 3 nitrogen and oxygen atoms in total. The van der Waals surface area contributed by atoms with Crippen molar-refractivity contribution in [1.29, 1.82) is 0 Å². The maximum atomic E-state index is 11.7. The van der Waals surface area contributed by atoms with Crippen molar-refractivity contribution in [2.75, 3.05) is 13.9 Å². The second-order valence-corrected chi connectivity index (χ2v) is 8.82. The van der Waals surface area contributed by atoms with Gasteiger partial charge in [0, 0.05) is 23.4 Å². The second kappa shape index (κ2) is 10.0. The van der Waals surface area contributed by atoms with Crippen molar-refractivity contribution in [2.45, 2.75) is 52.1 Å². The molecule has 0 spiro atoms. The largest absolute Gasteiger partial charge is 0.467 e. The fourth-order valence-electron chi connectivity index (χ4n) is 3.56. The molecule has 146 valence electrons. The standard InChI is InChI=1S/C23H31O3P/c1-6-12-23(7-2,27-22-11-9-17(3)13-19(22)15-24)20-14-18(4)8-10-21(20)26-16-25-5/h8-11,13-15,27H,6-7,12,16H2,1-5H3. The first-order valence-corrected chi connectivity index (χ1v) is 10.6. The molecule has 0 heterocycles. The summed E-state index contributed by atoms with van der Waals surface area (Å²) in [5, 5.41) is 1.07. The molecule has 0 aromatic heterocycles. The molecule has 0 amide bonds. The summed E-state index contributed by atoms with van der Waals surface area (Å²) in [7, 11) is 2.13. The van der Waals surface area contributed by atoms with Gasteiger partial charge < -0.3 is 9.47 Å². The first kappa shape index (κ1) is 21.6. The van der Waals surface area contributed by atoms with Crippen LogP contribution in [0.25, 0.3) is 0 Å². The molecule has 0 radical (unpaired) electrons. The summed E-state index contributed by atoms with van der Waals surface area (Å²) in [5.41, 5.74) is 4.35. The van der Waals surface area contributed by atoms with Crippen LogP contribution in [-0.4, -0.2) is 20.2 Å². The van der Waals surface area contributed by atoms with Gasteiger partial charge in [-0.15, -0.1) is 0 Å². The van der Waals surface area contributed by atoms with Crippen LogP contribution < -0.4 is 10.0 Å². The normalized spacial score (nSPS) is 13.7. The average molecular weight is 386 g/mol. The fourth-order valence-corrected chi connectivity index (χ4v) is 5.40. The minimum atomic E-state index is -0.0587. The molecule has 2 aromatic rings. The molecule has 0 N–H and O–H groups in total. The van der Waals surface area contributed by atoms with Gasteiger partial charge in [0.1, 0.15) is 5.75 Å². The van der Waals surface area contributed by atoms with Crippen molar-refractivity contribution in [3.05, 3.63) is 58.7 Å². The molecule has 0 aliphatic rings. The van der Waals surface area contributed by atoms with Crippen molar-refractivity contribution in [2.24, 2.45) is 0 Å².